The highest BCUT2D eigenvalue weighted by Gasteiger charge is 2.19. The minimum absolute atomic E-state index is 0.129. The third kappa shape index (κ3) is 3.99. The van der Waals surface area contributed by atoms with Gasteiger partial charge in [0, 0.05) is 17.1 Å². The van der Waals surface area contributed by atoms with Gasteiger partial charge in [-0.3, -0.25) is 0 Å². The molecule has 3 nitrogen and oxygen atoms in total. The van der Waals surface area contributed by atoms with Gasteiger partial charge in [0.25, 0.3) is 0 Å². The summed E-state index contributed by atoms with van der Waals surface area (Å²) in [5.41, 5.74) is 6.24. The molecule has 1 atom stereocenters. The molecule has 2 amide bonds. The smallest absolute Gasteiger partial charge is 0.319 e. The Balaban J connectivity index is 1.50. The summed E-state index contributed by atoms with van der Waals surface area (Å²) in [6, 6.07) is 5.85. The molecular formula is C20H26N2OS. The van der Waals surface area contributed by atoms with Crippen molar-refractivity contribution in [3.05, 3.63) is 50.7 Å². The van der Waals surface area contributed by atoms with Crippen molar-refractivity contribution in [3.63, 3.8) is 0 Å². The Bertz CT molecular complexity index is 735. The maximum atomic E-state index is 12.0. The Labute approximate surface area is 148 Å². The normalized spacial score (nSPS) is 16.5. The highest BCUT2D eigenvalue weighted by atomic mass is 32.1. The number of carbonyl (C=O) groups is 1. The molecule has 1 aliphatic carbocycles. The Kier molecular flexibility index (Phi) is 5.24. The largest absolute Gasteiger partial charge is 0.338 e. The van der Waals surface area contributed by atoms with Gasteiger partial charge in [-0.2, -0.15) is 0 Å². The number of thiophene rings is 1. The number of rotatable bonds is 4. The molecule has 3 rings (SSSR count). The topological polar surface area (TPSA) is 41.1 Å². The van der Waals surface area contributed by atoms with Crippen molar-refractivity contribution in [2.45, 2.75) is 46.5 Å². The van der Waals surface area contributed by atoms with E-state index in [2.05, 4.69) is 36.8 Å². The van der Waals surface area contributed by atoms with Crippen molar-refractivity contribution in [2.75, 3.05) is 11.9 Å². The lowest BCUT2D eigenvalue weighted by Gasteiger charge is -2.19. The second kappa shape index (κ2) is 7.39. The van der Waals surface area contributed by atoms with Crippen molar-refractivity contribution < 1.29 is 4.79 Å². The maximum absolute atomic E-state index is 12.0. The van der Waals surface area contributed by atoms with E-state index in [4.69, 9.17) is 0 Å². The molecule has 1 heterocycles. The molecule has 1 aliphatic rings. The Hall–Kier alpha value is -1.81. The lowest BCUT2D eigenvalue weighted by Crippen LogP contribution is -2.30. The van der Waals surface area contributed by atoms with Gasteiger partial charge < -0.3 is 10.6 Å². The van der Waals surface area contributed by atoms with Crippen LogP contribution in [0.5, 0.6) is 0 Å². The van der Waals surface area contributed by atoms with Crippen LogP contribution in [0.25, 0.3) is 0 Å². The molecule has 0 aliphatic heterocycles. The van der Waals surface area contributed by atoms with Crippen LogP contribution in [-0.4, -0.2) is 12.6 Å². The summed E-state index contributed by atoms with van der Waals surface area (Å²) < 4.78 is 0. The summed E-state index contributed by atoms with van der Waals surface area (Å²) in [6.07, 6.45) is 4.63. The van der Waals surface area contributed by atoms with Crippen molar-refractivity contribution in [3.8, 4) is 0 Å². The number of hydrogen-bond acceptors (Lipinski definition) is 2. The molecule has 2 aromatic rings. The highest BCUT2D eigenvalue weighted by molar-refractivity contribution is 7.10. The average Bonchev–Trinajstić information content (AvgIpc) is 2.93. The number of carbonyl (C=O) groups excluding carboxylic acids is 1. The first-order valence-corrected chi connectivity index (χ1v) is 9.61. The number of urea groups is 1. The van der Waals surface area contributed by atoms with Gasteiger partial charge >= 0.3 is 6.03 Å². The first-order valence-electron chi connectivity index (χ1n) is 8.73. The second-order valence-corrected chi connectivity index (χ2v) is 7.90. The number of hydrogen-bond donors (Lipinski definition) is 2. The fourth-order valence-corrected chi connectivity index (χ4v) is 4.56. The van der Waals surface area contributed by atoms with Crippen LogP contribution in [0.1, 0.15) is 40.5 Å². The standard InChI is InChI=1S/C20H26N2OS/c1-13-4-7-18-16(12-24-19(18)10-13)8-9-21-20(23)22-17-6-5-14(2)15(3)11-17/h5-6,11-13H,4,7-10H2,1-3H3,(H2,21,22,23)/t13-/m1/s1. The number of amides is 2. The Morgan fingerprint density at radius 3 is 2.92 bits per heavy atom. The van der Waals surface area contributed by atoms with Crippen LogP contribution in [0.3, 0.4) is 0 Å². The number of fused-ring (bicyclic) bond motifs is 1. The SMILES string of the molecule is Cc1ccc(NC(=O)NCCc2csc3c2CC[C@@H](C)C3)cc1C. The molecule has 0 fully saturated rings. The van der Waals surface area contributed by atoms with E-state index >= 15 is 0 Å². The molecule has 1 aromatic heterocycles. The van der Waals surface area contributed by atoms with E-state index in [1.165, 1.54) is 36.0 Å². The molecule has 2 N–H and O–H groups in total. The van der Waals surface area contributed by atoms with Crippen LogP contribution < -0.4 is 10.6 Å². The summed E-state index contributed by atoms with van der Waals surface area (Å²) in [4.78, 5) is 13.6. The van der Waals surface area contributed by atoms with Gasteiger partial charge in [-0.05, 0) is 85.2 Å². The molecule has 24 heavy (non-hydrogen) atoms. The monoisotopic (exact) mass is 342 g/mol. The van der Waals surface area contributed by atoms with Crippen LogP contribution in [0.4, 0.5) is 10.5 Å². The number of anilines is 1. The lowest BCUT2D eigenvalue weighted by molar-refractivity contribution is 0.252. The first-order chi connectivity index (χ1) is 11.5. The van der Waals surface area contributed by atoms with Crippen LogP contribution >= 0.6 is 11.3 Å². The Morgan fingerprint density at radius 1 is 1.29 bits per heavy atom. The van der Waals surface area contributed by atoms with E-state index in [0.717, 1.165) is 18.0 Å². The summed E-state index contributed by atoms with van der Waals surface area (Å²) >= 11 is 1.89. The van der Waals surface area contributed by atoms with E-state index in [9.17, 15) is 4.79 Å². The van der Waals surface area contributed by atoms with Gasteiger partial charge in [-0.25, -0.2) is 4.79 Å². The van der Waals surface area contributed by atoms with Gasteiger partial charge in [-0.15, -0.1) is 11.3 Å². The summed E-state index contributed by atoms with van der Waals surface area (Å²) in [6.45, 7) is 7.14. The van der Waals surface area contributed by atoms with E-state index in [1.807, 2.05) is 29.5 Å². The van der Waals surface area contributed by atoms with Crippen molar-refractivity contribution >= 4 is 23.1 Å². The van der Waals surface area contributed by atoms with Gasteiger partial charge in [0.2, 0.25) is 0 Å². The van der Waals surface area contributed by atoms with Gasteiger partial charge in [-0.1, -0.05) is 13.0 Å². The van der Waals surface area contributed by atoms with Crippen LogP contribution in [-0.2, 0) is 19.3 Å². The van der Waals surface area contributed by atoms with Crippen LogP contribution in [0, 0.1) is 19.8 Å². The molecule has 0 saturated heterocycles. The van der Waals surface area contributed by atoms with E-state index in [0.29, 0.717) is 6.54 Å². The molecule has 0 radical (unpaired) electrons. The highest BCUT2D eigenvalue weighted by Crippen LogP contribution is 2.32. The molecule has 0 saturated carbocycles. The fraction of sp³-hybridized carbons (Fsp3) is 0.450. The Morgan fingerprint density at radius 2 is 2.12 bits per heavy atom. The molecule has 0 bridgehead atoms. The summed E-state index contributed by atoms with van der Waals surface area (Å²) in [7, 11) is 0. The molecule has 0 unspecified atom stereocenters. The lowest BCUT2D eigenvalue weighted by atomic mass is 9.88. The number of benzene rings is 1. The summed E-state index contributed by atoms with van der Waals surface area (Å²) in [5, 5.41) is 8.17. The zero-order valence-electron chi connectivity index (χ0n) is 14.7. The van der Waals surface area contributed by atoms with Crippen LogP contribution in [0.2, 0.25) is 0 Å². The first kappa shape index (κ1) is 17.0. The van der Waals surface area contributed by atoms with Gasteiger partial charge in [0.1, 0.15) is 0 Å². The van der Waals surface area contributed by atoms with E-state index < -0.39 is 0 Å². The van der Waals surface area contributed by atoms with E-state index in [-0.39, 0.29) is 6.03 Å². The second-order valence-electron chi connectivity index (χ2n) is 6.94. The fourth-order valence-electron chi connectivity index (χ4n) is 3.26. The van der Waals surface area contributed by atoms with E-state index in [1.54, 1.807) is 10.4 Å². The zero-order chi connectivity index (χ0) is 17.1. The number of aryl methyl sites for hydroxylation is 2. The average molecular weight is 343 g/mol. The molecular weight excluding hydrogens is 316 g/mol. The van der Waals surface area contributed by atoms with Crippen molar-refractivity contribution in [1.29, 1.82) is 0 Å². The predicted molar refractivity (Wildman–Crippen MR) is 102 cm³/mol. The number of nitrogens with one attached hydrogen (secondary N) is 2. The molecule has 128 valence electrons. The minimum Gasteiger partial charge on any atom is -0.338 e. The molecule has 4 heteroatoms. The van der Waals surface area contributed by atoms with Crippen molar-refractivity contribution in [1.82, 2.24) is 5.32 Å². The molecule has 0 spiro atoms. The predicted octanol–water partition coefficient (Wildman–Crippen LogP) is 4.85. The zero-order valence-corrected chi connectivity index (χ0v) is 15.6. The molecule has 1 aromatic carbocycles. The van der Waals surface area contributed by atoms with Crippen molar-refractivity contribution in [2.24, 2.45) is 5.92 Å². The summed E-state index contributed by atoms with van der Waals surface area (Å²) in [5.74, 6) is 0.811. The minimum atomic E-state index is -0.129. The van der Waals surface area contributed by atoms with Crippen LogP contribution in [0.15, 0.2) is 23.6 Å². The third-order valence-electron chi connectivity index (χ3n) is 4.93. The quantitative estimate of drug-likeness (QED) is 0.819. The van der Waals surface area contributed by atoms with Gasteiger partial charge in [0.15, 0.2) is 0 Å². The van der Waals surface area contributed by atoms with Gasteiger partial charge in [0.05, 0.1) is 0 Å². The maximum Gasteiger partial charge on any atom is 0.319 e. The third-order valence-corrected chi connectivity index (χ3v) is 6.03.